The molecule has 0 aromatic carbocycles. The van der Waals surface area contributed by atoms with E-state index in [0.717, 1.165) is 91.5 Å². The van der Waals surface area contributed by atoms with Gasteiger partial charge in [0.15, 0.2) is 0 Å². The molecule has 1 unspecified atom stereocenters. The SMILES string of the molecule is CC(C)CC(C)C(=O)NCCN(CCN)CCN(Cl)CCN(CCN)CCN(CCN)CCNCCN. The lowest BCUT2D eigenvalue weighted by Crippen LogP contribution is -2.44. The van der Waals surface area contributed by atoms with Crippen molar-refractivity contribution in [3.8, 4) is 0 Å². The molecule has 0 aliphatic heterocycles. The van der Waals surface area contributed by atoms with Gasteiger partial charge in [0, 0.05) is 124 Å². The van der Waals surface area contributed by atoms with E-state index >= 15 is 0 Å². The van der Waals surface area contributed by atoms with Crippen LogP contribution in [0.2, 0.25) is 0 Å². The van der Waals surface area contributed by atoms with E-state index in [9.17, 15) is 4.79 Å². The zero-order chi connectivity index (χ0) is 27.9. The molecule has 1 amide bonds. The van der Waals surface area contributed by atoms with E-state index in [1.54, 1.807) is 0 Å². The van der Waals surface area contributed by atoms with Gasteiger partial charge in [-0.2, -0.15) is 0 Å². The number of halogens is 1. The lowest BCUT2D eigenvalue weighted by atomic mass is 9.98. The number of hydrogen-bond acceptors (Lipinski definition) is 10. The zero-order valence-corrected chi connectivity index (χ0v) is 24.7. The molecule has 0 saturated heterocycles. The van der Waals surface area contributed by atoms with Crippen LogP contribution < -0.4 is 33.6 Å². The van der Waals surface area contributed by atoms with E-state index < -0.39 is 0 Å². The fraction of sp³-hybridized carbons (Fsp3) is 0.960. The van der Waals surface area contributed by atoms with E-state index in [1.807, 2.05) is 11.3 Å². The molecular formula is C25H59ClN10O. The minimum absolute atomic E-state index is 0.0352. The Morgan fingerprint density at radius 3 is 1.57 bits per heavy atom. The van der Waals surface area contributed by atoms with Crippen LogP contribution in [0.4, 0.5) is 0 Å². The van der Waals surface area contributed by atoms with Crippen LogP contribution in [0, 0.1) is 11.8 Å². The van der Waals surface area contributed by atoms with Gasteiger partial charge in [-0.1, -0.05) is 20.8 Å². The standard InChI is InChI=1S/C25H59ClN10O/c1-23(2)22-24(3)25(37)32-10-15-34(12-6-29)18-20-36(26)21-19-35(13-7-30)17-16-33(11-5-28)14-9-31-8-4-27/h23-24,31H,4-22,27-30H2,1-3H3,(H,32,37). The number of hydrogen-bond donors (Lipinski definition) is 6. The van der Waals surface area contributed by atoms with Crippen molar-refractivity contribution < 1.29 is 4.79 Å². The van der Waals surface area contributed by atoms with E-state index in [1.165, 1.54) is 0 Å². The second kappa shape index (κ2) is 24.4. The summed E-state index contributed by atoms with van der Waals surface area (Å²) in [5, 5.41) is 6.40. The van der Waals surface area contributed by atoms with Gasteiger partial charge in [-0.15, -0.1) is 0 Å². The third-order valence-electron chi connectivity index (χ3n) is 6.31. The summed E-state index contributed by atoms with van der Waals surface area (Å²) in [4.78, 5) is 19.3. The largest absolute Gasteiger partial charge is 0.355 e. The molecule has 0 aromatic rings. The Kier molecular flexibility index (Phi) is 24.0. The zero-order valence-electron chi connectivity index (χ0n) is 24.0. The summed E-state index contributed by atoms with van der Waals surface area (Å²) in [5.41, 5.74) is 23.0. The molecule has 0 aliphatic carbocycles. The Bertz CT molecular complexity index is 532. The van der Waals surface area contributed by atoms with Gasteiger partial charge in [0.25, 0.3) is 0 Å². The molecule has 10 N–H and O–H groups in total. The van der Waals surface area contributed by atoms with Crippen LogP contribution in [0.5, 0.6) is 0 Å². The van der Waals surface area contributed by atoms with Gasteiger partial charge in [-0.05, 0) is 24.1 Å². The fourth-order valence-corrected chi connectivity index (χ4v) is 4.39. The minimum atomic E-state index is 0.0352. The van der Waals surface area contributed by atoms with Crippen molar-refractivity contribution >= 4 is 17.7 Å². The molecule has 1 atom stereocenters. The van der Waals surface area contributed by atoms with Gasteiger partial charge >= 0.3 is 0 Å². The maximum absolute atomic E-state index is 12.3. The van der Waals surface area contributed by atoms with Gasteiger partial charge in [-0.25, -0.2) is 4.42 Å². The van der Waals surface area contributed by atoms with Crippen molar-refractivity contribution in [3.05, 3.63) is 0 Å². The van der Waals surface area contributed by atoms with Gasteiger partial charge in [0.05, 0.1) is 0 Å². The van der Waals surface area contributed by atoms with Crippen molar-refractivity contribution in [1.29, 1.82) is 0 Å². The number of nitrogens with zero attached hydrogens (tertiary/aromatic N) is 4. The highest BCUT2D eigenvalue weighted by molar-refractivity contribution is 6.13. The summed E-state index contributed by atoms with van der Waals surface area (Å²) in [6.07, 6.45) is 0.901. The Hall–Kier alpha value is -0.600. The Labute approximate surface area is 232 Å². The maximum Gasteiger partial charge on any atom is 0.222 e. The molecule has 0 aromatic heterocycles. The normalized spacial score (nSPS) is 13.0. The van der Waals surface area contributed by atoms with Gasteiger partial charge in [0.2, 0.25) is 5.91 Å². The molecule has 0 saturated carbocycles. The van der Waals surface area contributed by atoms with Crippen LogP contribution in [-0.4, -0.2) is 143 Å². The third-order valence-corrected chi connectivity index (χ3v) is 6.65. The number of carbonyl (C=O) groups excluding carboxylic acids is 1. The molecule has 37 heavy (non-hydrogen) atoms. The predicted molar refractivity (Wildman–Crippen MR) is 157 cm³/mol. The predicted octanol–water partition coefficient (Wildman–Crippen LogP) is -1.43. The van der Waals surface area contributed by atoms with Crippen LogP contribution in [0.25, 0.3) is 0 Å². The van der Waals surface area contributed by atoms with E-state index in [2.05, 4.69) is 39.2 Å². The van der Waals surface area contributed by atoms with Crippen molar-refractivity contribution in [3.63, 3.8) is 0 Å². The van der Waals surface area contributed by atoms with Crippen LogP contribution >= 0.6 is 11.8 Å². The van der Waals surface area contributed by atoms with Crippen molar-refractivity contribution in [2.45, 2.75) is 27.2 Å². The first-order valence-electron chi connectivity index (χ1n) is 14.1. The Morgan fingerprint density at radius 2 is 1.11 bits per heavy atom. The highest BCUT2D eigenvalue weighted by Gasteiger charge is 2.15. The molecule has 0 bridgehead atoms. The molecule has 0 spiro atoms. The lowest BCUT2D eigenvalue weighted by Gasteiger charge is -2.29. The van der Waals surface area contributed by atoms with Crippen molar-refractivity contribution in [2.24, 2.45) is 34.8 Å². The number of rotatable bonds is 26. The monoisotopic (exact) mass is 550 g/mol. The molecule has 0 fully saturated rings. The molecular weight excluding hydrogens is 492 g/mol. The number of nitrogens with one attached hydrogen (secondary N) is 2. The first-order chi connectivity index (χ1) is 17.8. The number of nitrogens with two attached hydrogens (primary N) is 4. The quantitative estimate of drug-likeness (QED) is 0.0557. The maximum atomic E-state index is 12.3. The summed E-state index contributed by atoms with van der Waals surface area (Å²) in [6.45, 7) is 20.3. The summed E-state index contributed by atoms with van der Waals surface area (Å²) in [5.74, 6) is 0.670. The van der Waals surface area contributed by atoms with E-state index in [4.69, 9.17) is 34.7 Å². The van der Waals surface area contributed by atoms with Crippen molar-refractivity contribution in [1.82, 2.24) is 29.8 Å². The summed E-state index contributed by atoms with van der Waals surface area (Å²) in [6, 6.07) is 0. The van der Waals surface area contributed by atoms with E-state index in [0.29, 0.717) is 38.6 Å². The molecule has 0 rings (SSSR count). The van der Waals surface area contributed by atoms with Crippen molar-refractivity contribution in [2.75, 3.05) is 118 Å². The summed E-state index contributed by atoms with van der Waals surface area (Å²) >= 11 is 6.56. The second-order valence-electron chi connectivity index (χ2n) is 10.2. The fourth-order valence-electron chi connectivity index (χ4n) is 4.24. The molecule has 0 heterocycles. The second-order valence-corrected chi connectivity index (χ2v) is 10.6. The smallest absolute Gasteiger partial charge is 0.222 e. The van der Waals surface area contributed by atoms with E-state index in [-0.39, 0.29) is 11.8 Å². The average Bonchev–Trinajstić information content (AvgIpc) is 2.85. The summed E-state index contributed by atoms with van der Waals surface area (Å²) < 4.78 is 1.84. The molecule has 0 aliphatic rings. The third kappa shape index (κ3) is 21.0. The number of amides is 1. The molecule has 11 nitrogen and oxygen atoms in total. The highest BCUT2D eigenvalue weighted by atomic mass is 35.5. The topological polar surface area (TPSA) is 158 Å². The summed E-state index contributed by atoms with van der Waals surface area (Å²) in [7, 11) is 0. The molecule has 222 valence electrons. The minimum Gasteiger partial charge on any atom is -0.355 e. The van der Waals surface area contributed by atoms with Gasteiger partial charge in [0.1, 0.15) is 0 Å². The van der Waals surface area contributed by atoms with Crippen LogP contribution in [-0.2, 0) is 4.79 Å². The highest BCUT2D eigenvalue weighted by Crippen LogP contribution is 2.10. The lowest BCUT2D eigenvalue weighted by molar-refractivity contribution is -0.125. The number of carbonyl (C=O) groups is 1. The van der Waals surface area contributed by atoms with Crippen LogP contribution in [0.3, 0.4) is 0 Å². The van der Waals surface area contributed by atoms with Gasteiger partial charge in [-0.3, -0.25) is 19.5 Å². The average molecular weight is 551 g/mol. The Morgan fingerprint density at radius 1 is 0.649 bits per heavy atom. The van der Waals surface area contributed by atoms with Crippen LogP contribution in [0.15, 0.2) is 0 Å². The molecule has 0 radical (unpaired) electrons. The van der Waals surface area contributed by atoms with Gasteiger partial charge < -0.3 is 33.6 Å². The Balaban J connectivity index is 4.42. The first-order valence-corrected chi connectivity index (χ1v) is 14.5. The van der Waals surface area contributed by atoms with Crippen LogP contribution in [0.1, 0.15) is 27.2 Å². The first kappa shape index (κ1) is 36.4. The molecule has 12 heteroatoms.